The second-order valence-corrected chi connectivity index (χ2v) is 14.3. The summed E-state index contributed by atoms with van der Waals surface area (Å²) in [4.78, 5) is 14.3. The van der Waals surface area contributed by atoms with Gasteiger partial charge in [0.15, 0.2) is 0 Å². The third-order valence-corrected chi connectivity index (χ3v) is 11.6. The number of hydrogen-bond donors (Lipinski definition) is 2. The molecule has 0 saturated heterocycles. The van der Waals surface area contributed by atoms with E-state index in [1.807, 2.05) is 14.1 Å². The van der Waals surface area contributed by atoms with Gasteiger partial charge in [-0.15, -0.1) is 0 Å². The van der Waals surface area contributed by atoms with Crippen LogP contribution in [0.5, 0.6) is 0 Å². The van der Waals surface area contributed by atoms with E-state index in [9.17, 15) is 9.90 Å². The highest BCUT2D eigenvalue weighted by atomic mass is 16.3. The van der Waals surface area contributed by atoms with Gasteiger partial charge in [0.05, 0.1) is 6.10 Å². The number of aliphatic hydroxyl groups excluding tert-OH is 1. The zero-order valence-electron chi connectivity index (χ0n) is 24.3. The van der Waals surface area contributed by atoms with Gasteiger partial charge in [0.25, 0.3) is 0 Å². The van der Waals surface area contributed by atoms with E-state index in [-0.39, 0.29) is 12.0 Å². The molecule has 3 saturated carbocycles. The van der Waals surface area contributed by atoms with Crippen LogP contribution in [0.3, 0.4) is 0 Å². The molecule has 0 aromatic carbocycles. The third kappa shape index (κ3) is 5.75. The lowest BCUT2D eigenvalue weighted by Gasteiger charge is -2.58. The second kappa shape index (κ2) is 11.5. The van der Waals surface area contributed by atoms with Gasteiger partial charge >= 0.3 is 0 Å². The number of fused-ring (bicyclic) bond motifs is 5. The van der Waals surface area contributed by atoms with Crippen LogP contribution in [0.4, 0.5) is 0 Å². The predicted octanol–water partition coefficient (Wildman–Crippen LogP) is 6.44. The van der Waals surface area contributed by atoms with Crippen molar-refractivity contribution in [2.45, 2.75) is 111 Å². The van der Waals surface area contributed by atoms with Gasteiger partial charge in [-0.1, -0.05) is 58.6 Å². The van der Waals surface area contributed by atoms with Crippen LogP contribution in [-0.4, -0.2) is 49.2 Å². The molecule has 1 unspecified atom stereocenters. The summed E-state index contributed by atoms with van der Waals surface area (Å²) in [5.74, 6) is 4.91. The second-order valence-electron chi connectivity index (χ2n) is 14.3. The fourth-order valence-electron chi connectivity index (χ4n) is 9.52. The van der Waals surface area contributed by atoms with E-state index in [1.165, 1.54) is 57.8 Å². The number of nitrogens with one attached hydrogen (secondary N) is 1. The molecular formula is C32H56N2O2. The molecule has 0 bridgehead atoms. The molecule has 36 heavy (non-hydrogen) atoms. The summed E-state index contributed by atoms with van der Waals surface area (Å²) in [5, 5.41) is 13.4. The number of carbonyl (C=O) groups is 1. The Morgan fingerprint density at radius 2 is 1.89 bits per heavy atom. The summed E-state index contributed by atoms with van der Waals surface area (Å²) in [6.07, 6.45) is 16.9. The molecule has 2 N–H and O–H groups in total. The lowest BCUT2D eigenvalue weighted by atomic mass is 9.47. The molecule has 3 fully saturated rings. The topological polar surface area (TPSA) is 52.6 Å². The summed E-state index contributed by atoms with van der Waals surface area (Å²) >= 11 is 0. The molecule has 0 aromatic rings. The molecule has 0 aliphatic heterocycles. The van der Waals surface area contributed by atoms with Gasteiger partial charge in [-0.05, 0) is 112 Å². The molecule has 0 radical (unpaired) electrons. The van der Waals surface area contributed by atoms with Crippen LogP contribution in [-0.2, 0) is 4.79 Å². The summed E-state index contributed by atoms with van der Waals surface area (Å²) in [6.45, 7) is 11.6. The first-order valence-electron chi connectivity index (χ1n) is 15.3. The molecule has 1 amide bonds. The number of nitrogens with zero attached hydrogens (tertiary/aromatic N) is 1. The van der Waals surface area contributed by atoms with Crippen LogP contribution in [0.2, 0.25) is 0 Å². The molecule has 9 atom stereocenters. The number of allylic oxidation sites excluding steroid dienone is 1. The molecule has 0 heterocycles. The lowest BCUT2D eigenvalue weighted by molar-refractivity contribution is -0.121. The lowest BCUT2D eigenvalue weighted by Crippen LogP contribution is -2.50. The number of likely N-dealkylation sites (N-methyl/N-ethyl adjacent to an activating group) is 1. The zero-order chi connectivity index (χ0) is 26.1. The van der Waals surface area contributed by atoms with Crippen LogP contribution in [0.15, 0.2) is 11.6 Å². The minimum Gasteiger partial charge on any atom is -0.393 e. The van der Waals surface area contributed by atoms with E-state index in [2.05, 4.69) is 44.0 Å². The average Bonchev–Trinajstić information content (AvgIpc) is 3.16. The maximum absolute atomic E-state index is 12.2. The Balaban J connectivity index is 1.28. The summed E-state index contributed by atoms with van der Waals surface area (Å²) in [7, 11) is 4.08. The van der Waals surface area contributed by atoms with Gasteiger partial charge in [-0.2, -0.15) is 0 Å². The van der Waals surface area contributed by atoms with Crippen molar-refractivity contribution in [2.75, 3.05) is 27.2 Å². The molecule has 4 aliphatic rings. The number of hydrogen-bond acceptors (Lipinski definition) is 3. The van der Waals surface area contributed by atoms with Gasteiger partial charge in [-0.25, -0.2) is 0 Å². The number of aliphatic hydroxyl groups is 1. The molecule has 206 valence electrons. The van der Waals surface area contributed by atoms with Crippen molar-refractivity contribution < 1.29 is 9.90 Å². The Labute approximate surface area is 222 Å². The summed E-state index contributed by atoms with van der Waals surface area (Å²) < 4.78 is 0. The Kier molecular flexibility index (Phi) is 8.97. The van der Waals surface area contributed by atoms with Gasteiger partial charge in [-0.3, -0.25) is 4.79 Å². The highest BCUT2D eigenvalue weighted by Gasteiger charge is 2.59. The molecule has 0 spiro atoms. The van der Waals surface area contributed by atoms with Crippen molar-refractivity contribution in [3.8, 4) is 0 Å². The van der Waals surface area contributed by atoms with Crippen LogP contribution in [0.25, 0.3) is 0 Å². The van der Waals surface area contributed by atoms with Crippen LogP contribution < -0.4 is 5.32 Å². The van der Waals surface area contributed by atoms with E-state index >= 15 is 0 Å². The SMILES string of the molecule is CC(CCC[C@@H](C)[C@H]1CC[C@H]2[C@@H]3CC=C4C[C@@H](O)CC[C@]4(C)[C@H]3CC[C@]12C)CC(=O)NCCN(C)C. The van der Waals surface area contributed by atoms with Crippen LogP contribution >= 0.6 is 0 Å². The summed E-state index contributed by atoms with van der Waals surface area (Å²) in [6, 6.07) is 0. The fraction of sp³-hybridized carbons (Fsp3) is 0.906. The Hall–Kier alpha value is -0.870. The maximum atomic E-state index is 12.2. The van der Waals surface area contributed by atoms with Crippen molar-refractivity contribution in [2.24, 2.45) is 46.3 Å². The summed E-state index contributed by atoms with van der Waals surface area (Å²) in [5.41, 5.74) is 2.45. The zero-order valence-corrected chi connectivity index (χ0v) is 24.3. The van der Waals surface area contributed by atoms with Crippen LogP contribution in [0, 0.1) is 46.3 Å². The van der Waals surface area contributed by atoms with Gasteiger partial charge in [0.2, 0.25) is 5.91 Å². The van der Waals surface area contributed by atoms with Gasteiger partial charge in [0.1, 0.15) is 0 Å². The van der Waals surface area contributed by atoms with Crippen molar-refractivity contribution in [1.82, 2.24) is 10.2 Å². The largest absolute Gasteiger partial charge is 0.393 e. The number of rotatable bonds is 10. The van der Waals surface area contributed by atoms with E-state index < -0.39 is 0 Å². The molecule has 4 aliphatic carbocycles. The van der Waals surface area contributed by atoms with Crippen molar-refractivity contribution in [3.63, 3.8) is 0 Å². The fourth-order valence-corrected chi connectivity index (χ4v) is 9.52. The Morgan fingerprint density at radius 3 is 2.64 bits per heavy atom. The van der Waals surface area contributed by atoms with Crippen molar-refractivity contribution in [3.05, 3.63) is 11.6 Å². The minimum absolute atomic E-state index is 0.105. The normalized spacial score (nSPS) is 39.6. The Bertz CT molecular complexity index is 793. The quantitative estimate of drug-likeness (QED) is 0.340. The number of carbonyl (C=O) groups excluding carboxylic acids is 1. The smallest absolute Gasteiger partial charge is 0.220 e. The first kappa shape index (κ1) is 28.1. The van der Waals surface area contributed by atoms with Gasteiger partial charge in [0, 0.05) is 19.5 Å². The highest BCUT2D eigenvalue weighted by Crippen LogP contribution is 2.67. The maximum Gasteiger partial charge on any atom is 0.220 e. The standard InChI is InChI=1S/C32H56N2O2/c1-22(20-30(36)33-18-19-34(5)6)8-7-9-23(2)27-12-13-28-26-11-10-24-21-25(35)14-16-31(24,3)29(26)15-17-32(27,28)4/h10,22-23,25-29,35H,7-9,11-21H2,1-6H3,(H,33,36)/t22?,23-,25+,26+,27-,28+,29+,31+,32-/m1/s1. The van der Waals surface area contributed by atoms with Crippen molar-refractivity contribution >= 4 is 5.91 Å². The van der Waals surface area contributed by atoms with E-state index in [0.29, 0.717) is 23.2 Å². The Morgan fingerprint density at radius 1 is 1.11 bits per heavy atom. The van der Waals surface area contributed by atoms with E-state index in [1.54, 1.807) is 5.57 Å². The molecule has 0 aromatic heterocycles. The van der Waals surface area contributed by atoms with Gasteiger partial charge < -0.3 is 15.3 Å². The first-order chi connectivity index (χ1) is 17.0. The molecular weight excluding hydrogens is 444 g/mol. The van der Waals surface area contributed by atoms with Crippen molar-refractivity contribution in [1.29, 1.82) is 0 Å². The highest BCUT2D eigenvalue weighted by molar-refractivity contribution is 5.76. The monoisotopic (exact) mass is 500 g/mol. The molecule has 4 heteroatoms. The first-order valence-corrected chi connectivity index (χ1v) is 15.3. The number of amides is 1. The average molecular weight is 501 g/mol. The van der Waals surface area contributed by atoms with E-state index in [0.717, 1.165) is 55.5 Å². The molecule has 4 nitrogen and oxygen atoms in total. The minimum atomic E-state index is -0.105. The molecule has 4 rings (SSSR count). The van der Waals surface area contributed by atoms with Crippen LogP contribution in [0.1, 0.15) is 105 Å². The predicted molar refractivity (Wildman–Crippen MR) is 150 cm³/mol. The third-order valence-electron chi connectivity index (χ3n) is 11.6. The van der Waals surface area contributed by atoms with E-state index in [4.69, 9.17) is 0 Å².